The van der Waals surface area contributed by atoms with Crippen LogP contribution in [-0.2, 0) is 14.4 Å². The van der Waals surface area contributed by atoms with E-state index in [1.54, 1.807) is 17.0 Å². The zero-order chi connectivity index (χ0) is 21.0. The maximum absolute atomic E-state index is 12.3. The predicted octanol–water partition coefficient (Wildman–Crippen LogP) is 2.30. The van der Waals surface area contributed by atoms with E-state index in [9.17, 15) is 14.4 Å². The van der Waals surface area contributed by atoms with E-state index in [1.165, 1.54) is 0 Å². The van der Waals surface area contributed by atoms with E-state index in [0.29, 0.717) is 37.2 Å². The molecule has 0 aromatic heterocycles. The summed E-state index contributed by atoms with van der Waals surface area (Å²) in [5, 5.41) is 5.43. The van der Waals surface area contributed by atoms with Crippen molar-refractivity contribution in [2.24, 2.45) is 5.92 Å². The number of carbonyl (C=O) groups is 3. The fourth-order valence-electron chi connectivity index (χ4n) is 4.06. The molecule has 3 rings (SSSR count). The molecule has 0 unspecified atom stereocenters. The summed E-state index contributed by atoms with van der Waals surface area (Å²) in [6, 6.07) is 5.93. The third-order valence-corrected chi connectivity index (χ3v) is 5.97. The fourth-order valence-corrected chi connectivity index (χ4v) is 4.06. The number of piperidine rings is 1. The third-order valence-electron chi connectivity index (χ3n) is 5.97. The zero-order valence-electron chi connectivity index (χ0n) is 17.7. The Balaban J connectivity index is 1.51. The molecule has 2 heterocycles. The molecule has 158 valence electrons. The molecule has 2 aliphatic rings. The van der Waals surface area contributed by atoms with Crippen molar-refractivity contribution < 1.29 is 14.4 Å². The minimum absolute atomic E-state index is 0.0952. The summed E-state index contributed by atoms with van der Waals surface area (Å²) in [6.07, 6.45) is 3.46. The van der Waals surface area contributed by atoms with Crippen molar-refractivity contribution in [2.75, 3.05) is 36.4 Å². The van der Waals surface area contributed by atoms with Gasteiger partial charge >= 0.3 is 11.8 Å². The Morgan fingerprint density at radius 2 is 1.86 bits per heavy atom. The standard InChI is InChI=1S/C22H32N4O3/c1-15(2)25-11-8-17(9-12-25)14-23-21(28)22(29)24-18-7-6-16(3)19(13-18)26-10-4-5-20(26)27/h6-7,13,15,17H,4-5,8-12,14H2,1-3H3,(H,23,28)(H,24,29). The molecule has 29 heavy (non-hydrogen) atoms. The van der Waals surface area contributed by atoms with Crippen LogP contribution in [0, 0.1) is 12.8 Å². The van der Waals surface area contributed by atoms with Crippen LogP contribution in [0.5, 0.6) is 0 Å². The summed E-state index contributed by atoms with van der Waals surface area (Å²) in [4.78, 5) is 40.7. The van der Waals surface area contributed by atoms with Gasteiger partial charge in [-0.15, -0.1) is 0 Å². The van der Waals surface area contributed by atoms with Gasteiger partial charge in [-0.1, -0.05) is 6.07 Å². The predicted molar refractivity (Wildman–Crippen MR) is 114 cm³/mol. The lowest BCUT2D eigenvalue weighted by Gasteiger charge is -2.34. The molecule has 7 heteroatoms. The molecular weight excluding hydrogens is 368 g/mol. The molecule has 1 aromatic carbocycles. The quantitative estimate of drug-likeness (QED) is 0.743. The molecule has 0 saturated carbocycles. The van der Waals surface area contributed by atoms with E-state index in [2.05, 4.69) is 29.4 Å². The van der Waals surface area contributed by atoms with Crippen molar-refractivity contribution in [3.8, 4) is 0 Å². The summed E-state index contributed by atoms with van der Waals surface area (Å²) >= 11 is 0. The smallest absolute Gasteiger partial charge is 0.313 e. The van der Waals surface area contributed by atoms with Gasteiger partial charge in [-0.3, -0.25) is 14.4 Å². The van der Waals surface area contributed by atoms with E-state index < -0.39 is 11.8 Å². The third kappa shape index (κ3) is 5.35. The van der Waals surface area contributed by atoms with Gasteiger partial charge in [0.15, 0.2) is 0 Å². The molecule has 0 radical (unpaired) electrons. The molecule has 3 amide bonds. The van der Waals surface area contributed by atoms with Crippen LogP contribution in [0.2, 0.25) is 0 Å². The summed E-state index contributed by atoms with van der Waals surface area (Å²) in [6.45, 7) is 9.61. The van der Waals surface area contributed by atoms with E-state index in [4.69, 9.17) is 0 Å². The summed E-state index contributed by atoms with van der Waals surface area (Å²) < 4.78 is 0. The molecule has 0 bridgehead atoms. The second-order valence-electron chi connectivity index (χ2n) is 8.39. The Morgan fingerprint density at radius 3 is 2.48 bits per heavy atom. The van der Waals surface area contributed by atoms with Gasteiger partial charge < -0.3 is 20.4 Å². The van der Waals surface area contributed by atoms with Gasteiger partial charge in [-0.05, 0) is 76.7 Å². The van der Waals surface area contributed by atoms with Gasteiger partial charge in [0.1, 0.15) is 0 Å². The number of aryl methyl sites for hydroxylation is 1. The van der Waals surface area contributed by atoms with Gasteiger partial charge in [-0.2, -0.15) is 0 Å². The Morgan fingerprint density at radius 1 is 1.14 bits per heavy atom. The number of carbonyl (C=O) groups excluding carboxylic acids is 3. The monoisotopic (exact) mass is 400 g/mol. The highest BCUT2D eigenvalue weighted by Gasteiger charge is 2.25. The average molecular weight is 401 g/mol. The molecule has 2 aliphatic heterocycles. The van der Waals surface area contributed by atoms with E-state index >= 15 is 0 Å². The van der Waals surface area contributed by atoms with E-state index in [0.717, 1.165) is 43.6 Å². The molecule has 7 nitrogen and oxygen atoms in total. The lowest BCUT2D eigenvalue weighted by atomic mass is 9.96. The number of nitrogens with zero attached hydrogens (tertiary/aromatic N) is 2. The number of benzene rings is 1. The number of anilines is 2. The Kier molecular flexibility index (Phi) is 6.90. The first-order chi connectivity index (χ1) is 13.8. The molecular formula is C22H32N4O3. The van der Waals surface area contributed by atoms with E-state index in [1.807, 2.05) is 13.0 Å². The SMILES string of the molecule is Cc1ccc(NC(=O)C(=O)NCC2CCN(C(C)C)CC2)cc1N1CCCC1=O. The first kappa shape index (κ1) is 21.3. The van der Waals surface area contributed by atoms with Crippen LogP contribution < -0.4 is 15.5 Å². The second kappa shape index (κ2) is 9.39. The number of nitrogens with one attached hydrogen (secondary N) is 2. The maximum atomic E-state index is 12.3. The maximum Gasteiger partial charge on any atom is 0.313 e. The number of hydrogen-bond donors (Lipinski definition) is 2. The van der Waals surface area contributed by atoms with Crippen molar-refractivity contribution in [3.63, 3.8) is 0 Å². The molecule has 0 atom stereocenters. The summed E-state index contributed by atoms with van der Waals surface area (Å²) in [5.74, 6) is -0.783. The highest BCUT2D eigenvalue weighted by Crippen LogP contribution is 2.28. The van der Waals surface area contributed by atoms with Crippen LogP contribution in [0.25, 0.3) is 0 Å². The number of amides is 3. The van der Waals surface area contributed by atoms with Crippen molar-refractivity contribution in [1.82, 2.24) is 10.2 Å². The van der Waals surface area contributed by atoms with Crippen LogP contribution in [0.1, 0.15) is 45.1 Å². The Hall–Kier alpha value is -2.41. The van der Waals surface area contributed by atoms with Crippen molar-refractivity contribution in [3.05, 3.63) is 23.8 Å². The van der Waals surface area contributed by atoms with Crippen LogP contribution in [0.4, 0.5) is 11.4 Å². The van der Waals surface area contributed by atoms with Gasteiger partial charge in [0.25, 0.3) is 0 Å². The van der Waals surface area contributed by atoms with Gasteiger partial charge in [0, 0.05) is 36.9 Å². The molecule has 1 aromatic rings. The molecule has 2 fully saturated rings. The number of rotatable bonds is 5. The summed E-state index contributed by atoms with van der Waals surface area (Å²) in [7, 11) is 0. The van der Waals surface area contributed by atoms with Crippen LogP contribution in [0.3, 0.4) is 0 Å². The topological polar surface area (TPSA) is 81.8 Å². The van der Waals surface area contributed by atoms with Crippen LogP contribution in [0.15, 0.2) is 18.2 Å². The van der Waals surface area contributed by atoms with Gasteiger partial charge in [-0.25, -0.2) is 0 Å². The minimum atomic E-state index is -0.674. The van der Waals surface area contributed by atoms with Crippen molar-refractivity contribution in [2.45, 2.75) is 52.5 Å². The largest absolute Gasteiger partial charge is 0.348 e. The first-order valence-electron chi connectivity index (χ1n) is 10.6. The van der Waals surface area contributed by atoms with Gasteiger partial charge in [0.05, 0.1) is 0 Å². The van der Waals surface area contributed by atoms with Crippen LogP contribution >= 0.6 is 0 Å². The second-order valence-corrected chi connectivity index (χ2v) is 8.39. The van der Waals surface area contributed by atoms with Crippen molar-refractivity contribution >= 4 is 29.1 Å². The normalized spacial score (nSPS) is 18.3. The zero-order valence-corrected chi connectivity index (χ0v) is 17.7. The lowest BCUT2D eigenvalue weighted by molar-refractivity contribution is -0.136. The number of hydrogen-bond acceptors (Lipinski definition) is 4. The minimum Gasteiger partial charge on any atom is -0.348 e. The van der Waals surface area contributed by atoms with Crippen LogP contribution in [-0.4, -0.2) is 54.8 Å². The fraction of sp³-hybridized carbons (Fsp3) is 0.591. The van der Waals surface area contributed by atoms with Crippen molar-refractivity contribution in [1.29, 1.82) is 0 Å². The molecule has 2 saturated heterocycles. The lowest BCUT2D eigenvalue weighted by Crippen LogP contribution is -2.43. The van der Waals surface area contributed by atoms with E-state index in [-0.39, 0.29) is 5.91 Å². The number of likely N-dealkylation sites (tertiary alicyclic amines) is 1. The molecule has 0 aliphatic carbocycles. The molecule has 2 N–H and O–H groups in total. The highest BCUT2D eigenvalue weighted by atomic mass is 16.2. The molecule has 0 spiro atoms. The Labute approximate surface area is 172 Å². The van der Waals surface area contributed by atoms with Gasteiger partial charge in [0.2, 0.25) is 5.91 Å². The highest BCUT2D eigenvalue weighted by molar-refractivity contribution is 6.39. The Bertz CT molecular complexity index is 769. The first-order valence-corrected chi connectivity index (χ1v) is 10.6. The average Bonchev–Trinajstić information content (AvgIpc) is 3.13. The summed E-state index contributed by atoms with van der Waals surface area (Å²) in [5.41, 5.74) is 2.29.